The van der Waals surface area contributed by atoms with Crippen molar-refractivity contribution in [2.24, 2.45) is 0 Å². The summed E-state index contributed by atoms with van der Waals surface area (Å²) in [5.74, 6) is 0.271. The maximum absolute atomic E-state index is 11.4. The molecule has 0 radical (unpaired) electrons. The quantitative estimate of drug-likeness (QED) is 0.676. The molecule has 0 aromatic rings. The van der Waals surface area contributed by atoms with Gasteiger partial charge in [-0.3, -0.25) is 0 Å². The van der Waals surface area contributed by atoms with Crippen LogP contribution in [0.4, 0.5) is 0 Å². The Kier molecular flexibility index (Phi) is 6.13. The highest BCUT2D eigenvalue weighted by atomic mass is 79.9. The number of alkyl halides is 1. The van der Waals surface area contributed by atoms with Gasteiger partial charge >= 0.3 is 0 Å². The minimum absolute atomic E-state index is 0.271. The molecule has 0 aliphatic heterocycles. The van der Waals surface area contributed by atoms with Crippen LogP contribution < -0.4 is 0 Å². The lowest BCUT2D eigenvalue weighted by Gasteiger charge is -2.14. The number of hydrogen-bond acceptors (Lipinski definition) is 2. The van der Waals surface area contributed by atoms with Gasteiger partial charge in [0, 0.05) is 18.9 Å². The highest BCUT2D eigenvalue weighted by molar-refractivity contribution is 9.09. The minimum atomic E-state index is -2.98. The van der Waals surface area contributed by atoms with Gasteiger partial charge in [0.05, 0.1) is 5.75 Å². The Bertz CT molecular complexity index is 203. The highest BCUT2D eigenvalue weighted by Gasteiger charge is 2.15. The second-order valence-corrected chi connectivity index (χ2v) is 5.67. The molecule has 74 valence electrons. The molecular weight excluding hydrogens is 242 g/mol. The summed E-state index contributed by atoms with van der Waals surface area (Å²) in [5, 5.41) is 0.689. The molecule has 0 fully saturated rings. The van der Waals surface area contributed by atoms with Gasteiger partial charge in [-0.15, -0.1) is 0 Å². The smallest absolute Gasteiger partial charge is 0.212 e. The Balaban J connectivity index is 4.01. The fraction of sp³-hybridized carbons (Fsp3) is 1.00. The van der Waals surface area contributed by atoms with E-state index in [-0.39, 0.29) is 5.75 Å². The Labute approximate surface area is 83.3 Å². The van der Waals surface area contributed by atoms with Crippen molar-refractivity contribution in [2.45, 2.75) is 19.8 Å². The minimum Gasteiger partial charge on any atom is -0.212 e. The first-order valence-corrected chi connectivity index (χ1v) is 6.77. The maximum Gasteiger partial charge on any atom is 0.213 e. The Morgan fingerprint density at radius 2 is 2.00 bits per heavy atom. The van der Waals surface area contributed by atoms with E-state index in [0.717, 1.165) is 12.8 Å². The van der Waals surface area contributed by atoms with Crippen LogP contribution in [0.25, 0.3) is 0 Å². The summed E-state index contributed by atoms with van der Waals surface area (Å²) in [6, 6.07) is 0. The summed E-state index contributed by atoms with van der Waals surface area (Å²) >= 11 is 3.20. The zero-order valence-electron chi connectivity index (χ0n) is 7.59. The van der Waals surface area contributed by atoms with Crippen LogP contribution in [0.15, 0.2) is 0 Å². The van der Waals surface area contributed by atoms with E-state index in [2.05, 4.69) is 15.9 Å². The molecule has 0 unspecified atom stereocenters. The summed E-state index contributed by atoms with van der Waals surface area (Å²) in [6.07, 6.45) is 1.66. The SMILES string of the molecule is CCCCS(=O)(=O)N(C)CCBr. The summed E-state index contributed by atoms with van der Waals surface area (Å²) in [5.41, 5.74) is 0. The van der Waals surface area contributed by atoms with Crippen molar-refractivity contribution in [3.63, 3.8) is 0 Å². The number of hydrogen-bond donors (Lipinski definition) is 0. The largest absolute Gasteiger partial charge is 0.213 e. The average molecular weight is 258 g/mol. The molecule has 0 spiro atoms. The lowest BCUT2D eigenvalue weighted by Crippen LogP contribution is -2.30. The molecule has 0 aliphatic rings. The van der Waals surface area contributed by atoms with Gasteiger partial charge in [-0.25, -0.2) is 12.7 Å². The molecule has 0 bridgehead atoms. The van der Waals surface area contributed by atoms with E-state index in [9.17, 15) is 8.42 Å². The zero-order chi connectivity index (χ0) is 9.61. The van der Waals surface area contributed by atoms with Crippen LogP contribution in [0.1, 0.15) is 19.8 Å². The number of halogens is 1. The fourth-order valence-electron chi connectivity index (χ4n) is 0.741. The van der Waals surface area contributed by atoms with Gasteiger partial charge in [0.15, 0.2) is 0 Å². The van der Waals surface area contributed by atoms with E-state index >= 15 is 0 Å². The lowest BCUT2D eigenvalue weighted by atomic mass is 10.4. The normalized spacial score (nSPS) is 12.3. The zero-order valence-corrected chi connectivity index (χ0v) is 9.99. The second-order valence-electron chi connectivity index (χ2n) is 2.68. The van der Waals surface area contributed by atoms with E-state index in [1.54, 1.807) is 7.05 Å². The van der Waals surface area contributed by atoms with Crippen molar-refractivity contribution in [2.75, 3.05) is 24.7 Å². The van der Waals surface area contributed by atoms with E-state index in [1.165, 1.54) is 4.31 Å². The third-order valence-corrected chi connectivity index (χ3v) is 3.92. The van der Waals surface area contributed by atoms with Crippen LogP contribution in [-0.4, -0.2) is 37.4 Å². The molecule has 0 amide bonds. The topological polar surface area (TPSA) is 37.4 Å². The predicted molar refractivity (Wildman–Crippen MR) is 55.1 cm³/mol. The van der Waals surface area contributed by atoms with Gasteiger partial charge < -0.3 is 0 Å². The Morgan fingerprint density at radius 1 is 1.42 bits per heavy atom. The fourth-order valence-corrected chi connectivity index (χ4v) is 2.84. The molecule has 0 saturated heterocycles. The first-order valence-electron chi connectivity index (χ1n) is 4.04. The van der Waals surface area contributed by atoms with E-state index in [0.29, 0.717) is 11.9 Å². The molecule has 3 nitrogen and oxygen atoms in total. The van der Waals surface area contributed by atoms with Crippen molar-refractivity contribution in [3.8, 4) is 0 Å². The molecule has 5 heteroatoms. The third kappa shape index (κ3) is 4.42. The molecular formula is C7H16BrNO2S. The molecule has 0 rings (SSSR count). The third-order valence-electron chi connectivity index (χ3n) is 1.63. The van der Waals surface area contributed by atoms with Gasteiger partial charge in [-0.05, 0) is 6.42 Å². The number of nitrogens with zero attached hydrogens (tertiary/aromatic N) is 1. The Hall–Kier alpha value is 0.390. The van der Waals surface area contributed by atoms with Crippen molar-refractivity contribution in [1.82, 2.24) is 4.31 Å². The van der Waals surface area contributed by atoms with Crippen molar-refractivity contribution >= 4 is 26.0 Å². The number of sulfonamides is 1. The molecule has 12 heavy (non-hydrogen) atoms. The van der Waals surface area contributed by atoms with Crippen LogP contribution in [0.3, 0.4) is 0 Å². The average Bonchev–Trinajstić information content (AvgIpc) is 2.01. The molecule has 0 aliphatic carbocycles. The standard InChI is InChI=1S/C7H16BrNO2S/c1-3-4-7-12(10,11)9(2)6-5-8/h3-7H2,1-2H3. The van der Waals surface area contributed by atoms with Crippen LogP contribution in [0.5, 0.6) is 0 Å². The van der Waals surface area contributed by atoms with Crippen molar-refractivity contribution in [3.05, 3.63) is 0 Å². The molecule has 0 aromatic carbocycles. The van der Waals surface area contributed by atoms with Gasteiger partial charge in [-0.1, -0.05) is 29.3 Å². The maximum atomic E-state index is 11.4. The summed E-state index contributed by atoms with van der Waals surface area (Å²) in [6.45, 7) is 2.53. The highest BCUT2D eigenvalue weighted by Crippen LogP contribution is 2.02. The van der Waals surface area contributed by atoms with Crippen molar-refractivity contribution in [1.29, 1.82) is 0 Å². The monoisotopic (exact) mass is 257 g/mol. The predicted octanol–water partition coefficient (Wildman–Crippen LogP) is 1.44. The lowest BCUT2D eigenvalue weighted by molar-refractivity contribution is 0.487. The Morgan fingerprint density at radius 3 is 2.42 bits per heavy atom. The molecule has 0 N–H and O–H groups in total. The van der Waals surface area contributed by atoms with E-state index < -0.39 is 10.0 Å². The van der Waals surface area contributed by atoms with Gasteiger partial charge in [0.25, 0.3) is 0 Å². The van der Waals surface area contributed by atoms with Crippen LogP contribution in [0, 0.1) is 0 Å². The van der Waals surface area contributed by atoms with Crippen LogP contribution >= 0.6 is 15.9 Å². The molecule has 0 saturated carbocycles. The molecule has 0 heterocycles. The van der Waals surface area contributed by atoms with Gasteiger partial charge in [0.1, 0.15) is 0 Å². The van der Waals surface area contributed by atoms with E-state index in [1.807, 2.05) is 6.92 Å². The van der Waals surface area contributed by atoms with Crippen LogP contribution in [-0.2, 0) is 10.0 Å². The number of unbranched alkanes of at least 4 members (excludes halogenated alkanes) is 1. The van der Waals surface area contributed by atoms with Gasteiger partial charge in [0.2, 0.25) is 10.0 Å². The first kappa shape index (κ1) is 12.4. The molecule has 0 atom stereocenters. The summed E-state index contributed by atoms with van der Waals surface area (Å²) < 4.78 is 24.2. The van der Waals surface area contributed by atoms with E-state index in [4.69, 9.17) is 0 Å². The van der Waals surface area contributed by atoms with Gasteiger partial charge in [-0.2, -0.15) is 0 Å². The summed E-state index contributed by atoms with van der Waals surface area (Å²) in [4.78, 5) is 0. The first-order chi connectivity index (χ1) is 5.54. The van der Waals surface area contributed by atoms with Crippen LogP contribution in [0.2, 0.25) is 0 Å². The molecule has 0 aromatic heterocycles. The number of rotatable bonds is 6. The van der Waals surface area contributed by atoms with Crippen molar-refractivity contribution < 1.29 is 8.42 Å². The second kappa shape index (κ2) is 5.94. The summed E-state index contributed by atoms with van der Waals surface area (Å²) in [7, 11) is -1.36.